The Morgan fingerprint density at radius 3 is 2.39 bits per heavy atom. The van der Waals surface area contributed by atoms with E-state index in [0.29, 0.717) is 5.56 Å². The Morgan fingerprint density at radius 2 is 1.78 bits per heavy atom. The van der Waals surface area contributed by atoms with Crippen molar-refractivity contribution in [1.29, 1.82) is 0 Å². The quantitative estimate of drug-likeness (QED) is 0.830. The average Bonchev–Trinajstić information content (AvgIpc) is 2.45. The fraction of sp³-hybridized carbons (Fsp3) is 0. The van der Waals surface area contributed by atoms with Gasteiger partial charge in [-0.3, -0.25) is 0 Å². The highest BCUT2D eigenvalue weighted by Crippen LogP contribution is 2.34. The summed E-state index contributed by atoms with van der Waals surface area (Å²) in [5, 5.41) is 7.70. The summed E-state index contributed by atoms with van der Waals surface area (Å²) in [6.07, 6.45) is 0. The fourth-order valence-electron chi connectivity index (χ4n) is 2.10. The van der Waals surface area contributed by atoms with Crippen LogP contribution in [0.5, 0.6) is 0 Å². The number of nitrogens with one attached hydrogen (secondary N) is 1. The van der Waals surface area contributed by atoms with Crippen LogP contribution in [0.3, 0.4) is 0 Å². The number of primary sulfonamides is 1. The van der Waals surface area contributed by atoms with Gasteiger partial charge < -0.3 is 5.32 Å². The van der Waals surface area contributed by atoms with Crippen LogP contribution in [-0.2, 0) is 20.0 Å². The molecule has 2 aromatic rings. The van der Waals surface area contributed by atoms with Crippen molar-refractivity contribution in [3.63, 3.8) is 0 Å². The number of rotatable bonds is 2. The van der Waals surface area contributed by atoms with E-state index in [2.05, 4.69) is 9.71 Å². The molecule has 0 atom stereocenters. The first-order valence-electron chi connectivity index (χ1n) is 6.22. The highest BCUT2D eigenvalue weighted by atomic mass is 35.5. The highest BCUT2D eigenvalue weighted by molar-refractivity contribution is 7.91. The van der Waals surface area contributed by atoms with E-state index < -0.39 is 24.9 Å². The second-order valence-corrected chi connectivity index (χ2v) is 8.24. The van der Waals surface area contributed by atoms with Crippen LogP contribution in [0.15, 0.2) is 56.7 Å². The van der Waals surface area contributed by atoms with Gasteiger partial charge in [-0.2, -0.15) is 8.42 Å². The van der Waals surface area contributed by atoms with Crippen LogP contribution in [0.2, 0.25) is 5.02 Å². The lowest BCUT2D eigenvalue weighted by Gasteiger charge is -2.19. The second-order valence-electron chi connectivity index (χ2n) is 4.73. The number of benzene rings is 2. The maximum absolute atomic E-state index is 12.3. The number of nitrogens with two attached hydrogens (primary N) is 1. The van der Waals surface area contributed by atoms with Crippen molar-refractivity contribution in [3.8, 4) is 0 Å². The molecule has 0 bridgehead atoms. The minimum atomic E-state index is -4.16. The van der Waals surface area contributed by atoms with E-state index in [1.54, 1.807) is 30.3 Å². The third kappa shape index (κ3) is 2.95. The lowest BCUT2D eigenvalue weighted by molar-refractivity contribution is 0.596. The maximum atomic E-state index is 12.3. The molecule has 0 saturated heterocycles. The zero-order valence-electron chi connectivity index (χ0n) is 11.4. The molecule has 0 radical (unpaired) electrons. The van der Waals surface area contributed by atoms with E-state index in [-0.39, 0.29) is 21.4 Å². The molecule has 0 aromatic heterocycles. The molecular weight excluding hydrogens is 362 g/mol. The smallest absolute Gasteiger partial charge is 0.286 e. The molecule has 1 aliphatic rings. The summed E-state index contributed by atoms with van der Waals surface area (Å²) in [7, 11) is -8.25. The predicted octanol–water partition coefficient (Wildman–Crippen LogP) is 1.55. The Hall–Kier alpha value is -1.94. The maximum Gasteiger partial charge on any atom is 0.286 e. The summed E-state index contributed by atoms with van der Waals surface area (Å²) < 4.78 is 51.3. The van der Waals surface area contributed by atoms with Crippen molar-refractivity contribution in [2.45, 2.75) is 9.79 Å². The lowest BCUT2D eigenvalue weighted by Crippen LogP contribution is -2.23. The van der Waals surface area contributed by atoms with Crippen molar-refractivity contribution in [2.75, 3.05) is 5.32 Å². The first kappa shape index (κ1) is 15.9. The second kappa shape index (κ2) is 5.31. The van der Waals surface area contributed by atoms with Crippen LogP contribution in [0.1, 0.15) is 5.56 Å². The summed E-state index contributed by atoms with van der Waals surface area (Å²) in [5.74, 6) is 0.123. The van der Waals surface area contributed by atoms with E-state index in [1.165, 1.54) is 6.07 Å². The van der Waals surface area contributed by atoms with Crippen molar-refractivity contribution in [2.24, 2.45) is 9.54 Å². The number of nitrogens with zero attached hydrogens (tertiary/aromatic N) is 1. The Labute approximate surface area is 137 Å². The molecule has 1 aliphatic heterocycles. The van der Waals surface area contributed by atoms with Crippen molar-refractivity contribution in [1.82, 2.24) is 0 Å². The van der Waals surface area contributed by atoms with Crippen molar-refractivity contribution >= 4 is 43.2 Å². The summed E-state index contributed by atoms with van der Waals surface area (Å²) in [6.45, 7) is 0. The molecule has 1 heterocycles. The monoisotopic (exact) mass is 371 g/mol. The number of sulfonamides is 2. The number of hydrogen-bond donors (Lipinski definition) is 2. The van der Waals surface area contributed by atoms with E-state index in [0.717, 1.165) is 6.07 Å². The molecule has 0 amide bonds. The van der Waals surface area contributed by atoms with Gasteiger partial charge in [0.2, 0.25) is 10.0 Å². The Bertz CT molecular complexity index is 1030. The molecule has 0 fully saturated rings. The molecule has 0 aliphatic carbocycles. The molecule has 7 nitrogen and oxygen atoms in total. The van der Waals surface area contributed by atoms with Crippen LogP contribution in [-0.4, -0.2) is 22.7 Å². The fourth-order valence-corrected chi connectivity index (χ4v) is 4.42. The summed E-state index contributed by atoms with van der Waals surface area (Å²) in [6, 6.07) is 10.7. The van der Waals surface area contributed by atoms with Gasteiger partial charge in [0, 0.05) is 5.56 Å². The number of anilines is 1. The van der Waals surface area contributed by atoms with Gasteiger partial charge in [0.1, 0.15) is 9.79 Å². The largest absolute Gasteiger partial charge is 0.338 e. The van der Waals surface area contributed by atoms with Gasteiger partial charge in [-0.15, -0.1) is 4.40 Å². The minimum absolute atomic E-state index is 0.123. The molecule has 2 aromatic carbocycles. The third-order valence-electron chi connectivity index (χ3n) is 3.13. The van der Waals surface area contributed by atoms with Gasteiger partial charge >= 0.3 is 0 Å². The van der Waals surface area contributed by atoms with Crippen LogP contribution in [0.4, 0.5) is 5.69 Å². The Kier molecular flexibility index (Phi) is 3.68. The van der Waals surface area contributed by atoms with E-state index in [4.69, 9.17) is 16.7 Å². The zero-order chi connectivity index (χ0) is 16.8. The predicted molar refractivity (Wildman–Crippen MR) is 86.6 cm³/mol. The molecule has 120 valence electrons. The van der Waals surface area contributed by atoms with Gasteiger partial charge in [0.05, 0.1) is 10.7 Å². The topological polar surface area (TPSA) is 119 Å². The van der Waals surface area contributed by atoms with Crippen LogP contribution < -0.4 is 10.5 Å². The van der Waals surface area contributed by atoms with Gasteiger partial charge in [-0.05, 0) is 12.1 Å². The van der Waals surface area contributed by atoms with E-state index in [9.17, 15) is 16.8 Å². The molecule has 23 heavy (non-hydrogen) atoms. The standard InChI is InChI=1S/C13H10ClN3O4S2/c14-9-6-10-12(7-11(9)22(15,18)19)23(20,21)17-13(16-10)8-4-2-1-3-5-8/h1-7H,(H,16,17)(H2,15,18,19). The van der Waals surface area contributed by atoms with Gasteiger partial charge in [-0.25, -0.2) is 13.6 Å². The molecule has 0 saturated carbocycles. The molecule has 10 heteroatoms. The minimum Gasteiger partial charge on any atom is -0.338 e. The molecular formula is C13H10ClN3O4S2. The first-order chi connectivity index (χ1) is 10.7. The van der Waals surface area contributed by atoms with Crippen LogP contribution in [0.25, 0.3) is 0 Å². The number of fused-ring (bicyclic) bond motifs is 1. The number of hydrogen-bond acceptors (Lipinski definition) is 5. The highest BCUT2D eigenvalue weighted by Gasteiger charge is 2.29. The number of halogens is 1. The lowest BCUT2D eigenvalue weighted by atomic mass is 10.2. The Balaban J connectivity index is 2.21. The summed E-state index contributed by atoms with van der Waals surface area (Å²) in [5.41, 5.74) is 0.699. The van der Waals surface area contributed by atoms with Gasteiger partial charge in [0.25, 0.3) is 10.0 Å². The van der Waals surface area contributed by atoms with E-state index in [1.807, 2.05) is 0 Å². The molecule has 0 spiro atoms. The van der Waals surface area contributed by atoms with Crippen molar-refractivity contribution in [3.05, 3.63) is 53.1 Å². The van der Waals surface area contributed by atoms with Crippen LogP contribution >= 0.6 is 11.6 Å². The SMILES string of the molecule is NS(=O)(=O)c1cc2c(cc1Cl)NC(c1ccccc1)=NS2(=O)=O. The third-order valence-corrected chi connectivity index (χ3v) is 5.82. The van der Waals surface area contributed by atoms with E-state index >= 15 is 0 Å². The average molecular weight is 372 g/mol. The summed E-state index contributed by atoms with van der Waals surface area (Å²) in [4.78, 5) is -0.771. The normalized spacial score (nSPS) is 16.2. The van der Waals surface area contributed by atoms with Crippen LogP contribution in [0, 0.1) is 0 Å². The first-order valence-corrected chi connectivity index (χ1v) is 9.59. The molecule has 3 rings (SSSR count). The Morgan fingerprint density at radius 1 is 1.13 bits per heavy atom. The zero-order valence-corrected chi connectivity index (χ0v) is 13.8. The molecule has 3 N–H and O–H groups in total. The number of amidine groups is 1. The van der Waals surface area contributed by atoms with Crippen molar-refractivity contribution < 1.29 is 16.8 Å². The summed E-state index contributed by atoms with van der Waals surface area (Å²) >= 11 is 5.90. The molecule has 0 unspecified atom stereocenters. The van der Waals surface area contributed by atoms with Gasteiger partial charge in [0.15, 0.2) is 5.84 Å². The van der Waals surface area contributed by atoms with Gasteiger partial charge in [-0.1, -0.05) is 41.9 Å².